The van der Waals surface area contributed by atoms with E-state index in [9.17, 15) is 4.79 Å². The van der Waals surface area contributed by atoms with E-state index >= 15 is 0 Å². The summed E-state index contributed by atoms with van der Waals surface area (Å²) in [6.45, 7) is 0.730. The van der Waals surface area contributed by atoms with Crippen LogP contribution in [-0.4, -0.2) is 38.3 Å². The molecule has 0 unspecified atom stereocenters. The zero-order valence-corrected chi connectivity index (χ0v) is 16.3. The Balaban J connectivity index is 1.44. The lowest BCUT2D eigenvalue weighted by Gasteiger charge is -2.09. The van der Waals surface area contributed by atoms with Crippen molar-refractivity contribution in [3.8, 4) is 17.2 Å². The van der Waals surface area contributed by atoms with Crippen molar-refractivity contribution < 1.29 is 19.0 Å². The van der Waals surface area contributed by atoms with Gasteiger partial charge in [-0.15, -0.1) is 0 Å². The molecular weight excluding hydrogens is 370 g/mol. The molecule has 7 heteroatoms. The third-order valence-corrected chi connectivity index (χ3v) is 4.09. The summed E-state index contributed by atoms with van der Waals surface area (Å²) >= 11 is 0. The van der Waals surface area contributed by atoms with Gasteiger partial charge in [-0.25, -0.2) is 4.98 Å². The van der Waals surface area contributed by atoms with E-state index in [1.54, 1.807) is 32.5 Å². The lowest BCUT2D eigenvalue weighted by Crippen LogP contribution is -2.28. The summed E-state index contributed by atoms with van der Waals surface area (Å²) in [6.07, 6.45) is 1.62. The predicted octanol–water partition coefficient (Wildman–Crippen LogP) is 3.65. The molecule has 0 aliphatic heterocycles. The van der Waals surface area contributed by atoms with Gasteiger partial charge < -0.3 is 24.8 Å². The van der Waals surface area contributed by atoms with Gasteiger partial charge in [-0.1, -0.05) is 0 Å². The van der Waals surface area contributed by atoms with Crippen molar-refractivity contribution in [3.63, 3.8) is 0 Å². The van der Waals surface area contributed by atoms with Crippen LogP contribution in [0.4, 0.5) is 11.4 Å². The zero-order chi connectivity index (χ0) is 20.5. The number of aromatic nitrogens is 1. The Morgan fingerprint density at radius 2 is 1.41 bits per heavy atom. The van der Waals surface area contributed by atoms with Gasteiger partial charge in [0, 0.05) is 5.69 Å². The first-order valence-electron chi connectivity index (χ1n) is 9.10. The normalized spacial score (nSPS) is 10.1. The number of carbonyl (C=O) groups excluding carboxylic acids is 1. The van der Waals surface area contributed by atoms with Crippen molar-refractivity contribution in [2.45, 2.75) is 0 Å². The quantitative estimate of drug-likeness (QED) is 0.540. The Morgan fingerprint density at radius 1 is 0.828 bits per heavy atom. The van der Waals surface area contributed by atoms with Crippen molar-refractivity contribution in [3.05, 3.63) is 72.6 Å². The summed E-state index contributed by atoms with van der Waals surface area (Å²) in [5.74, 6) is 2.02. The molecule has 150 valence electrons. The van der Waals surface area contributed by atoms with Crippen LogP contribution < -0.4 is 24.8 Å². The van der Waals surface area contributed by atoms with Crippen LogP contribution in [0.2, 0.25) is 0 Å². The molecule has 0 saturated heterocycles. The third kappa shape index (κ3) is 5.87. The molecule has 3 rings (SSSR count). The Bertz CT molecular complexity index is 910. The summed E-state index contributed by atoms with van der Waals surface area (Å²) in [6, 6.07) is 18.3. The average Bonchev–Trinajstić information content (AvgIpc) is 2.78. The average molecular weight is 393 g/mol. The molecule has 0 aliphatic rings. The molecule has 0 aliphatic carbocycles. The summed E-state index contributed by atoms with van der Waals surface area (Å²) < 4.78 is 15.8. The van der Waals surface area contributed by atoms with Gasteiger partial charge in [-0.2, -0.15) is 0 Å². The number of hydrogen-bond acceptors (Lipinski definition) is 6. The maximum atomic E-state index is 12.2. The van der Waals surface area contributed by atoms with Crippen molar-refractivity contribution in [1.82, 2.24) is 10.3 Å². The smallest absolute Gasteiger partial charge is 0.269 e. The highest BCUT2D eigenvalue weighted by Crippen LogP contribution is 2.19. The highest BCUT2D eigenvalue weighted by molar-refractivity contribution is 5.92. The topological polar surface area (TPSA) is 81.7 Å². The van der Waals surface area contributed by atoms with Crippen molar-refractivity contribution in [1.29, 1.82) is 0 Å². The second-order valence-corrected chi connectivity index (χ2v) is 6.07. The molecule has 1 heterocycles. The second kappa shape index (κ2) is 9.98. The molecule has 0 spiro atoms. The number of rotatable bonds is 9. The SMILES string of the molecule is COc1ccc(Nc2ccc(C(=O)NCCOc3ccc(OC)cc3)nc2)cc1. The van der Waals surface area contributed by atoms with Crippen molar-refractivity contribution >= 4 is 17.3 Å². The summed E-state index contributed by atoms with van der Waals surface area (Å²) in [4.78, 5) is 16.4. The largest absolute Gasteiger partial charge is 0.497 e. The van der Waals surface area contributed by atoms with E-state index in [2.05, 4.69) is 15.6 Å². The van der Waals surface area contributed by atoms with Gasteiger partial charge in [0.05, 0.1) is 32.6 Å². The third-order valence-electron chi connectivity index (χ3n) is 4.09. The molecular formula is C22H23N3O4. The Morgan fingerprint density at radius 3 is 2.00 bits per heavy atom. The number of anilines is 2. The Labute approximate surface area is 169 Å². The van der Waals surface area contributed by atoms with Crippen molar-refractivity contribution in [2.24, 2.45) is 0 Å². The van der Waals surface area contributed by atoms with Gasteiger partial charge in [0.25, 0.3) is 5.91 Å². The van der Waals surface area contributed by atoms with Crippen LogP contribution in [0.1, 0.15) is 10.5 Å². The fraction of sp³-hybridized carbons (Fsp3) is 0.182. The van der Waals surface area contributed by atoms with Crippen LogP contribution in [0.5, 0.6) is 17.2 Å². The summed E-state index contributed by atoms with van der Waals surface area (Å²) in [5.41, 5.74) is 2.03. The minimum Gasteiger partial charge on any atom is -0.497 e. The summed E-state index contributed by atoms with van der Waals surface area (Å²) in [7, 11) is 3.24. The fourth-order valence-electron chi connectivity index (χ4n) is 2.54. The molecule has 0 bridgehead atoms. The van der Waals surface area contributed by atoms with E-state index < -0.39 is 0 Å². The molecule has 0 saturated carbocycles. The Hall–Kier alpha value is -3.74. The second-order valence-electron chi connectivity index (χ2n) is 6.07. The van der Waals surface area contributed by atoms with Crippen LogP contribution in [0.25, 0.3) is 0 Å². The van der Waals surface area contributed by atoms with Gasteiger partial charge in [-0.05, 0) is 60.7 Å². The molecule has 0 fully saturated rings. The number of benzene rings is 2. The molecule has 1 amide bonds. The number of hydrogen-bond donors (Lipinski definition) is 2. The van der Waals surface area contributed by atoms with Crippen LogP contribution in [0.15, 0.2) is 66.9 Å². The number of nitrogens with one attached hydrogen (secondary N) is 2. The molecule has 1 aromatic heterocycles. The number of pyridine rings is 1. The lowest BCUT2D eigenvalue weighted by atomic mass is 10.2. The standard InChI is InChI=1S/C22H23N3O4/c1-27-18-6-3-16(4-7-18)25-17-5-12-21(24-15-17)22(26)23-13-14-29-20-10-8-19(28-2)9-11-20/h3-12,15,25H,13-14H2,1-2H3,(H,23,26). The Kier molecular flexibility index (Phi) is 6.89. The van der Waals surface area contributed by atoms with Gasteiger partial charge in [0.15, 0.2) is 0 Å². The van der Waals surface area contributed by atoms with E-state index in [1.807, 2.05) is 48.5 Å². The van der Waals surface area contributed by atoms with E-state index in [0.717, 1.165) is 22.9 Å². The summed E-state index contributed by atoms with van der Waals surface area (Å²) in [5, 5.41) is 6.01. The van der Waals surface area contributed by atoms with Crippen LogP contribution in [0, 0.1) is 0 Å². The highest BCUT2D eigenvalue weighted by atomic mass is 16.5. The number of amides is 1. The van der Waals surface area contributed by atoms with Crippen LogP contribution in [0.3, 0.4) is 0 Å². The minimum absolute atomic E-state index is 0.251. The first-order chi connectivity index (χ1) is 14.2. The number of methoxy groups -OCH3 is 2. The van der Waals surface area contributed by atoms with Crippen LogP contribution >= 0.6 is 0 Å². The first kappa shape index (κ1) is 20.0. The maximum absolute atomic E-state index is 12.2. The molecule has 0 atom stereocenters. The molecule has 3 aromatic rings. The van der Waals surface area contributed by atoms with E-state index in [4.69, 9.17) is 14.2 Å². The van der Waals surface area contributed by atoms with Gasteiger partial charge in [-0.3, -0.25) is 4.79 Å². The molecule has 29 heavy (non-hydrogen) atoms. The van der Waals surface area contributed by atoms with E-state index in [0.29, 0.717) is 24.6 Å². The molecule has 2 aromatic carbocycles. The van der Waals surface area contributed by atoms with E-state index in [-0.39, 0.29) is 5.91 Å². The van der Waals surface area contributed by atoms with E-state index in [1.165, 1.54) is 0 Å². The number of carbonyl (C=O) groups is 1. The highest BCUT2D eigenvalue weighted by Gasteiger charge is 2.07. The molecule has 2 N–H and O–H groups in total. The molecule has 0 radical (unpaired) electrons. The maximum Gasteiger partial charge on any atom is 0.269 e. The number of ether oxygens (including phenoxy) is 3. The van der Waals surface area contributed by atoms with Crippen LogP contribution in [-0.2, 0) is 0 Å². The predicted molar refractivity (Wildman–Crippen MR) is 111 cm³/mol. The van der Waals surface area contributed by atoms with Gasteiger partial charge in [0.2, 0.25) is 0 Å². The monoisotopic (exact) mass is 393 g/mol. The first-order valence-corrected chi connectivity index (χ1v) is 9.10. The molecule has 7 nitrogen and oxygen atoms in total. The zero-order valence-electron chi connectivity index (χ0n) is 16.3. The van der Waals surface area contributed by atoms with Crippen molar-refractivity contribution in [2.75, 3.05) is 32.7 Å². The minimum atomic E-state index is -0.251. The lowest BCUT2D eigenvalue weighted by molar-refractivity contribution is 0.0942. The fourth-order valence-corrected chi connectivity index (χ4v) is 2.54. The van der Waals surface area contributed by atoms with Gasteiger partial charge >= 0.3 is 0 Å². The van der Waals surface area contributed by atoms with Gasteiger partial charge in [0.1, 0.15) is 29.5 Å². The number of nitrogens with zero attached hydrogens (tertiary/aromatic N) is 1.